The van der Waals surface area contributed by atoms with Crippen molar-refractivity contribution in [2.24, 2.45) is 0 Å². The molecule has 0 saturated heterocycles. The number of thioether (sulfide) groups is 1. The Morgan fingerprint density at radius 2 is 1.84 bits per heavy atom. The van der Waals surface area contributed by atoms with E-state index in [0.29, 0.717) is 23.0 Å². The van der Waals surface area contributed by atoms with Crippen molar-refractivity contribution in [3.8, 4) is 0 Å². The summed E-state index contributed by atoms with van der Waals surface area (Å²) in [5.41, 5.74) is 0.652. The zero-order chi connectivity index (χ0) is 22.4. The number of carbonyl (C=O) groups excluding carboxylic acids is 1. The van der Waals surface area contributed by atoms with Crippen LogP contribution in [0.1, 0.15) is 0 Å². The molecule has 0 aliphatic carbocycles. The lowest BCUT2D eigenvalue weighted by molar-refractivity contribution is -0.138. The third-order valence-corrected chi connectivity index (χ3v) is 5.91. The largest absolute Gasteiger partial charge is 0.480 e. The lowest BCUT2D eigenvalue weighted by atomic mass is 10.1. The number of benzene rings is 2. The summed E-state index contributed by atoms with van der Waals surface area (Å²) < 4.78 is 33.6. The number of fused-ring (bicyclic) bond motifs is 1. The van der Waals surface area contributed by atoms with Crippen LogP contribution in [0.2, 0.25) is 0 Å². The summed E-state index contributed by atoms with van der Waals surface area (Å²) >= 11 is 1.01. The molecule has 0 saturated carbocycles. The van der Waals surface area contributed by atoms with Gasteiger partial charge in [0.05, 0.1) is 5.75 Å². The van der Waals surface area contributed by atoms with Crippen LogP contribution >= 0.6 is 11.8 Å². The minimum Gasteiger partial charge on any atom is -0.480 e. The van der Waals surface area contributed by atoms with Gasteiger partial charge in [-0.05, 0) is 22.6 Å². The monoisotopic (exact) mass is 466 g/mol. The highest BCUT2D eigenvalue weighted by molar-refractivity contribution is 7.99. The molecule has 12 nitrogen and oxygen atoms in total. The molecule has 3 aromatic rings. The maximum absolute atomic E-state index is 12.0. The Balaban J connectivity index is 1.52. The molecule has 0 radical (unpaired) electrons. The summed E-state index contributed by atoms with van der Waals surface area (Å²) in [6.45, 7) is 0.251. The molecule has 1 aromatic heterocycles. The topological polar surface area (TPSA) is 176 Å². The van der Waals surface area contributed by atoms with Gasteiger partial charge in [-0.15, -0.1) is 5.10 Å². The Morgan fingerprint density at radius 1 is 1.10 bits per heavy atom. The molecule has 0 bridgehead atoms. The molecule has 0 aliphatic rings. The number of nitrogens with one attached hydrogen (secondary N) is 2. The van der Waals surface area contributed by atoms with E-state index in [9.17, 15) is 22.6 Å². The van der Waals surface area contributed by atoms with Crippen LogP contribution in [0.5, 0.6) is 0 Å². The van der Waals surface area contributed by atoms with Gasteiger partial charge in [-0.25, -0.2) is 4.68 Å². The first-order chi connectivity index (χ1) is 14.8. The normalized spacial score (nSPS) is 11.4. The Morgan fingerprint density at radius 3 is 2.58 bits per heavy atom. The number of hydrogen-bond donors (Lipinski definition) is 4. The molecule has 0 spiro atoms. The number of carboxylic acids is 1. The summed E-state index contributed by atoms with van der Waals surface area (Å²) in [6, 6.07) is 9.61. The molecular weight excluding hydrogens is 448 g/mol. The van der Waals surface area contributed by atoms with Gasteiger partial charge in [0.1, 0.15) is 11.4 Å². The zero-order valence-corrected chi connectivity index (χ0v) is 17.6. The first-order valence-corrected chi connectivity index (χ1v) is 11.3. The van der Waals surface area contributed by atoms with Crippen LogP contribution in [-0.4, -0.2) is 69.0 Å². The van der Waals surface area contributed by atoms with Crippen molar-refractivity contribution in [2.75, 3.05) is 24.2 Å². The fourth-order valence-electron chi connectivity index (χ4n) is 2.77. The van der Waals surface area contributed by atoms with E-state index in [-0.39, 0.29) is 28.3 Å². The molecule has 0 aliphatic heterocycles. The molecule has 0 atom stereocenters. The number of rotatable bonds is 10. The van der Waals surface area contributed by atoms with Crippen molar-refractivity contribution in [3.05, 3.63) is 36.4 Å². The molecule has 14 heteroatoms. The predicted molar refractivity (Wildman–Crippen MR) is 111 cm³/mol. The van der Waals surface area contributed by atoms with Gasteiger partial charge >= 0.3 is 5.97 Å². The quantitative estimate of drug-likeness (QED) is 0.186. The Hall–Kier alpha value is -3.23. The molecule has 4 N–H and O–H groups in total. The van der Waals surface area contributed by atoms with E-state index < -0.39 is 22.6 Å². The van der Waals surface area contributed by atoms with Crippen LogP contribution < -0.4 is 10.6 Å². The highest BCUT2D eigenvalue weighted by atomic mass is 32.2. The van der Waals surface area contributed by atoms with E-state index >= 15 is 0 Å². The molecule has 0 unspecified atom stereocenters. The second-order valence-electron chi connectivity index (χ2n) is 6.21. The molecule has 1 amide bonds. The van der Waals surface area contributed by atoms with Crippen molar-refractivity contribution in [3.63, 3.8) is 0 Å². The van der Waals surface area contributed by atoms with E-state index in [1.54, 1.807) is 24.3 Å². The van der Waals surface area contributed by atoms with Crippen LogP contribution in [0.25, 0.3) is 10.8 Å². The van der Waals surface area contributed by atoms with Gasteiger partial charge in [-0.1, -0.05) is 36.0 Å². The first-order valence-electron chi connectivity index (χ1n) is 8.86. The number of carbonyl (C=O) groups is 2. The number of tetrazole rings is 1. The minimum atomic E-state index is -4.35. The second-order valence-corrected chi connectivity index (χ2v) is 8.54. The van der Waals surface area contributed by atoms with Crippen molar-refractivity contribution < 1.29 is 27.7 Å². The number of amides is 1. The first kappa shape index (κ1) is 22.5. The SMILES string of the molecule is O=C(O)Cn1nnnc1SCC(=O)NCCNc1cccc2c(S(=O)(=O)O)cccc12. The number of anilines is 1. The lowest BCUT2D eigenvalue weighted by Gasteiger charge is -2.12. The summed E-state index contributed by atoms with van der Waals surface area (Å²) in [5.74, 6) is -1.38. The molecule has 0 fully saturated rings. The van der Waals surface area contributed by atoms with Crippen LogP contribution in [0.15, 0.2) is 46.5 Å². The van der Waals surface area contributed by atoms with Gasteiger partial charge < -0.3 is 15.7 Å². The van der Waals surface area contributed by atoms with Crippen LogP contribution in [-0.2, 0) is 26.3 Å². The molecule has 1 heterocycles. The summed E-state index contributed by atoms with van der Waals surface area (Å²) in [4.78, 5) is 22.6. The van der Waals surface area contributed by atoms with E-state index in [1.807, 2.05) is 0 Å². The molecule has 2 aromatic carbocycles. The number of hydrogen-bond acceptors (Lipinski definition) is 9. The Labute approximate surface area is 180 Å². The van der Waals surface area contributed by atoms with Gasteiger partial charge in [0.15, 0.2) is 0 Å². The number of aromatic nitrogens is 4. The van der Waals surface area contributed by atoms with E-state index in [0.717, 1.165) is 16.4 Å². The molecule has 164 valence electrons. The average Bonchev–Trinajstić information content (AvgIpc) is 3.14. The second kappa shape index (κ2) is 9.72. The number of carboxylic acid groups (broad SMARTS) is 1. The summed E-state index contributed by atoms with van der Waals surface area (Å²) in [7, 11) is -4.35. The van der Waals surface area contributed by atoms with E-state index in [4.69, 9.17) is 5.11 Å². The standard InChI is InChI=1S/C17H18N6O6S2/c24-15(10-30-17-20-21-22-23(17)9-16(25)26)19-8-7-18-13-5-1-4-12-11(13)3-2-6-14(12)31(27,28)29/h1-6,18H,7-10H2,(H,19,24)(H,25,26)(H,27,28,29). The van der Waals surface area contributed by atoms with Crippen LogP contribution in [0, 0.1) is 0 Å². The smallest absolute Gasteiger partial charge is 0.325 e. The van der Waals surface area contributed by atoms with Gasteiger partial charge in [0.25, 0.3) is 10.1 Å². The van der Waals surface area contributed by atoms with Gasteiger partial charge in [-0.2, -0.15) is 8.42 Å². The highest BCUT2D eigenvalue weighted by Gasteiger charge is 2.15. The highest BCUT2D eigenvalue weighted by Crippen LogP contribution is 2.28. The minimum absolute atomic E-state index is 0.00593. The Kier molecular flexibility index (Phi) is 7.04. The van der Waals surface area contributed by atoms with E-state index in [2.05, 4.69) is 26.2 Å². The fourth-order valence-corrected chi connectivity index (χ4v) is 4.18. The Bertz CT molecular complexity index is 1210. The predicted octanol–water partition coefficient (Wildman–Crippen LogP) is 0.478. The third kappa shape index (κ3) is 5.90. The van der Waals surface area contributed by atoms with Crippen LogP contribution in [0.3, 0.4) is 0 Å². The summed E-state index contributed by atoms with van der Waals surface area (Å²) in [5, 5.41) is 26.5. The van der Waals surface area contributed by atoms with Gasteiger partial charge in [-0.3, -0.25) is 14.1 Å². The fraction of sp³-hybridized carbons (Fsp3) is 0.235. The molecule has 3 rings (SSSR count). The van der Waals surface area contributed by atoms with Crippen molar-refractivity contribution in [1.82, 2.24) is 25.5 Å². The van der Waals surface area contributed by atoms with Crippen molar-refractivity contribution in [2.45, 2.75) is 16.6 Å². The van der Waals surface area contributed by atoms with Gasteiger partial charge in [0.2, 0.25) is 11.1 Å². The average molecular weight is 467 g/mol. The van der Waals surface area contributed by atoms with Crippen LogP contribution in [0.4, 0.5) is 5.69 Å². The van der Waals surface area contributed by atoms with Crippen molar-refractivity contribution in [1.29, 1.82) is 0 Å². The molecular formula is C17H18N6O6S2. The third-order valence-electron chi connectivity index (χ3n) is 4.04. The maximum atomic E-state index is 12.0. The molecule has 31 heavy (non-hydrogen) atoms. The summed E-state index contributed by atoms with van der Waals surface area (Å²) in [6.07, 6.45) is 0. The zero-order valence-electron chi connectivity index (χ0n) is 15.9. The lowest BCUT2D eigenvalue weighted by Crippen LogP contribution is -2.30. The van der Waals surface area contributed by atoms with Gasteiger partial charge in [0, 0.05) is 29.5 Å². The van der Waals surface area contributed by atoms with E-state index in [1.165, 1.54) is 12.1 Å². The van der Waals surface area contributed by atoms with Crippen molar-refractivity contribution >= 4 is 50.2 Å². The number of aliphatic carboxylic acids is 1. The maximum Gasteiger partial charge on any atom is 0.325 e. The number of nitrogens with zero attached hydrogens (tertiary/aromatic N) is 4.